The first-order chi connectivity index (χ1) is 21.9. The minimum atomic E-state index is -1.02. The van der Waals surface area contributed by atoms with Gasteiger partial charge in [0.25, 0.3) is 0 Å². The summed E-state index contributed by atoms with van der Waals surface area (Å²) in [6.07, 6.45) is 0.837. The number of hydrogen-bond donors (Lipinski definition) is 0. The van der Waals surface area contributed by atoms with Gasteiger partial charge >= 0.3 is 0 Å². The monoisotopic (exact) mass is 606 g/mol. The van der Waals surface area contributed by atoms with Crippen LogP contribution in [0.1, 0.15) is 35.6 Å². The van der Waals surface area contributed by atoms with E-state index in [0.29, 0.717) is 26.4 Å². The summed E-state index contributed by atoms with van der Waals surface area (Å²) in [5, 5.41) is 0. The number of para-hydroxylation sites is 2. The Balaban J connectivity index is 1.11. The smallest absolute Gasteiger partial charge is 0.226 e. The highest BCUT2D eigenvalue weighted by Crippen LogP contribution is 2.55. The second-order valence-electron chi connectivity index (χ2n) is 12.6. The van der Waals surface area contributed by atoms with Crippen molar-refractivity contribution in [2.45, 2.75) is 24.9 Å². The van der Waals surface area contributed by atoms with Crippen LogP contribution in [-0.2, 0) is 30.5 Å². The topological polar surface area (TPSA) is 61.9 Å². The lowest BCUT2D eigenvalue weighted by Crippen LogP contribution is -2.50. The Labute approximate surface area is 264 Å². The Morgan fingerprint density at radius 1 is 0.622 bits per heavy atom. The second-order valence-corrected chi connectivity index (χ2v) is 12.6. The SMILES string of the molecule is COc1ccc2c(c1)C1(OCC(C)(CCN3c4ccccc4C4(OCCO4)c4cc(OC)ccc43)CO1)c1ccccc1N2C. The Bertz CT molecular complexity index is 1760. The Morgan fingerprint density at radius 2 is 1.11 bits per heavy atom. The second kappa shape index (κ2) is 10.5. The fourth-order valence-electron chi connectivity index (χ4n) is 7.36. The molecule has 4 aliphatic rings. The van der Waals surface area contributed by atoms with Crippen LogP contribution in [0.15, 0.2) is 84.9 Å². The molecule has 8 rings (SSSR count). The van der Waals surface area contributed by atoms with Crippen molar-refractivity contribution in [3.05, 3.63) is 107 Å². The molecule has 4 heterocycles. The van der Waals surface area contributed by atoms with E-state index in [1.807, 2.05) is 36.4 Å². The first-order valence-electron chi connectivity index (χ1n) is 15.5. The zero-order valence-corrected chi connectivity index (χ0v) is 26.2. The molecule has 4 aliphatic heterocycles. The van der Waals surface area contributed by atoms with Crippen LogP contribution < -0.4 is 19.3 Å². The number of anilines is 4. The molecule has 0 saturated carbocycles. The maximum absolute atomic E-state index is 6.93. The van der Waals surface area contributed by atoms with Gasteiger partial charge in [0, 0.05) is 46.9 Å². The van der Waals surface area contributed by atoms with E-state index in [-0.39, 0.29) is 5.41 Å². The van der Waals surface area contributed by atoms with Gasteiger partial charge in [0.15, 0.2) is 0 Å². The molecule has 4 aromatic carbocycles. The fourth-order valence-corrected chi connectivity index (χ4v) is 7.36. The van der Waals surface area contributed by atoms with Gasteiger partial charge < -0.3 is 38.2 Å². The standard InChI is InChI=1S/C37H38N2O6/c1-35(23-44-37(45-24-35)27-9-5-7-11-31(27)38(2)32-15-13-25(40-3)21-29(32)37)17-18-39-33-12-8-6-10-28(33)36(42-19-20-43-36)30-22-26(41-4)14-16-34(30)39/h5-16,21-22H,17-20,23-24H2,1-4H3. The van der Waals surface area contributed by atoms with Crippen LogP contribution in [0.2, 0.25) is 0 Å². The number of rotatable bonds is 5. The van der Waals surface area contributed by atoms with E-state index in [1.165, 1.54) is 0 Å². The third kappa shape index (κ3) is 4.20. The van der Waals surface area contributed by atoms with Crippen molar-refractivity contribution in [3.8, 4) is 11.5 Å². The van der Waals surface area contributed by atoms with E-state index in [0.717, 1.165) is 69.5 Å². The lowest BCUT2D eigenvalue weighted by Gasteiger charge is -2.50. The quantitative estimate of drug-likeness (QED) is 0.245. The molecule has 2 spiro atoms. The zero-order chi connectivity index (χ0) is 30.8. The van der Waals surface area contributed by atoms with E-state index in [4.69, 9.17) is 28.4 Å². The van der Waals surface area contributed by atoms with E-state index in [2.05, 4.69) is 72.3 Å². The summed E-state index contributed by atoms with van der Waals surface area (Å²) in [5.74, 6) is -0.418. The van der Waals surface area contributed by atoms with Crippen molar-refractivity contribution in [2.24, 2.45) is 5.41 Å². The predicted octanol–water partition coefficient (Wildman–Crippen LogP) is 6.83. The first kappa shape index (κ1) is 28.4. The largest absolute Gasteiger partial charge is 0.497 e. The molecule has 0 atom stereocenters. The van der Waals surface area contributed by atoms with Gasteiger partial charge in [-0.3, -0.25) is 0 Å². The average molecular weight is 607 g/mol. The molecule has 45 heavy (non-hydrogen) atoms. The third-order valence-corrected chi connectivity index (χ3v) is 9.82. The summed E-state index contributed by atoms with van der Waals surface area (Å²) in [7, 11) is 5.46. The van der Waals surface area contributed by atoms with Gasteiger partial charge in [0.1, 0.15) is 11.5 Å². The highest BCUT2D eigenvalue weighted by Gasteiger charge is 2.52. The van der Waals surface area contributed by atoms with Crippen LogP contribution in [0.5, 0.6) is 11.5 Å². The molecule has 2 saturated heterocycles. The van der Waals surface area contributed by atoms with Crippen LogP contribution in [0, 0.1) is 5.41 Å². The van der Waals surface area contributed by atoms with E-state index < -0.39 is 11.6 Å². The summed E-state index contributed by atoms with van der Waals surface area (Å²) in [6.45, 7) is 5.14. The molecular formula is C37H38N2O6. The van der Waals surface area contributed by atoms with E-state index in [9.17, 15) is 0 Å². The normalized spacial score (nSPS) is 24.2. The molecule has 0 radical (unpaired) electrons. The molecule has 0 aliphatic carbocycles. The first-order valence-corrected chi connectivity index (χ1v) is 15.5. The minimum absolute atomic E-state index is 0.236. The van der Waals surface area contributed by atoms with Gasteiger partial charge in [-0.15, -0.1) is 0 Å². The lowest BCUT2D eigenvalue weighted by atomic mass is 9.83. The number of benzene rings is 4. The van der Waals surface area contributed by atoms with Crippen molar-refractivity contribution in [1.29, 1.82) is 0 Å². The van der Waals surface area contributed by atoms with Crippen molar-refractivity contribution in [2.75, 3.05) is 64.0 Å². The lowest BCUT2D eigenvalue weighted by molar-refractivity contribution is -0.288. The summed E-state index contributed by atoms with van der Waals surface area (Å²) in [4.78, 5) is 4.57. The summed E-state index contributed by atoms with van der Waals surface area (Å²) < 4.78 is 37.9. The molecule has 8 nitrogen and oxygen atoms in total. The molecule has 0 amide bonds. The molecule has 2 fully saturated rings. The van der Waals surface area contributed by atoms with Crippen LogP contribution >= 0.6 is 0 Å². The van der Waals surface area contributed by atoms with Gasteiger partial charge in [0.05, 0.1) is 57.7 Å². The Morgan fingerprint density at radius 3 is 1.76 bits per heavy atom. The number of hydrogen-bond acceptors (Lipinski definition) is 8. The van der Waals surface area contributed by atoms with Crippen molar-refractivity contribution in [3.63, 3.8) is 0 Å². The predicted molar refractivity (Wildman–Crippen MR) is 172 cm³/mol. The van der Waals surface area contributed by atoms with Gasteiger partial charge in [-0.25, -0.2) is 0 Å². The highest BCUT2D eigenvalue weighted by molar-refractivity contribution is 5.78. The number of fused-ring (bicyclic) bond motifs is 8. The van der Waals surface area contributed by atoms with Gasteiger partial charge in [-0.2, -0.15) is 0 Å². The fraction of sp³-hybridized carbons (Fsp3) is 0.351. The summed E-state index contributed by atoms with van der Waals surface area (Å²) >= 11 is 0. The van der Waals surface area contributed by atoms with Crippen LogP contribution in [0.4, 0.5) is 22.7 Å². The maximum Gasteiger partial charge on any atom is 0.226 e. The van der Waals surface area contributed by atoms with Crippen molar-refractivity contribution < 1.29 is 28.4 Å². The molecule has 0 bridgehead atoms. The third-order valence-electron chi connectivity index (χ3n) is 9.82. The average Bonchev–Trinajstić information content (AvgIpc) is 3.59. The van der Waals surface area contributed by atoms with Crippen molar-refractivity contribution >= 4 is 22.7 Å². The van der Waals surface area contributed by atoms with E-state index >= 15 is 0 Å². The Hall–Kier alpha value is -4.08. The zero-order valence-electron chi connectivity index (χ0n) is 26.2. The molecule has 0 aromatic heterocycles. The summed E-state index contributed by atoms with van der Waals surface area (Å²) in [5.41, 5.74) is 7.95. The highest BCUT2D eigenvalue weighted by atomic mass is 16.7. The molecule has 0 unspecified atom stereocenters. The summed E-state index contributed by atoms with van der Waals surface area (Å²) in [6, 6.07) is 29.0. The number of methoxy groups -OCH3 is 2. The van der Waals surface area contributed by atoms with Gasteiger partial charge in [-0.05, 0) is 55.0 Å². The van der Waals surface area contributed by atoms with Crippen LogP contribution in [0.25, 0.3) is 0 Å². The molecular weight excluding hydrogens is 568 g/mol. The number of ether oxygens (including phenoxy) is 6. The molecule has 0 N–H and O–H groups in total. The van der Waals surface area contributed by atoms with Crippen LogP contribution in [-0.4, -0.2) is 54.2 Å². The minimum Gasteiger partial charge on any atom is -0.497 e. The van der Waals surface area contributed by atoms with Gasteiger partial charge in [-0.1, -0.05) is 43.3 Å². The Kier molecular flexibility index (Phi) is 6.62. The molecule has 8 heteroatoms. The molecule has 4 aromatic rings. The van der Waals surface area contributed by atoms with E-state index in [1.54, 1.807) is 14.2 Å². The van der Waals surface area contributed by atoms with Crippen LogP contribution in [0.3, 0.4) is 0 Å². The van der Waals surface area contributed by atoms with Gasteiger partial charge in [0.2, 0.25) is 11.6 Å². The number of nitrogens with zero attached hydrogens (tertiary/aromatic N) is 2. The molecule has 232 valence electrons. The van der Waals surface area contributed by atoms with Crippen molar-refractivity contribution in [1.82, 2.24) is 0 Å². The maximum atomic E-state index is 6.93.